The van der Waals surface area contributed by atoms with Crippen LogP contribution >= 0.6 is 0 Å². The van der Waals surface area contributed by atoms with Gasteiger partial charge >= 0.3 is 0 Å². The van der Waals surface area contributed by atoms with Crippen LogP contribution in [0, 0.1) is 5.41 Å². The summed E-state index contributed by atoms with van der Waals surface area (Å²) in [4.78, 5) is 13.8. The molecular formula is C13H18N2O4S. The van der Waals surface area contributed by atoms with Gasteiger partial charge in [0.25, 0.3) is 0 Å². The molecule has 0 saturated heterocycles. The Kier molecular flexibility index (Phi) is 3.41. The molecule has 7 heteroatoms. The molecule has 0 unspecified atom stereocenters. The summed E-state index contributed by atoms with van der Waals surface area (Å²) >= 11 is 0. The zero-order valence-corrected chi connectivity index (χ0v) is 12.7. The lowest BCUT2D eigenvalue weighted by Crippen LogP contribution is -2.39. The number of carbonyl (C=O) groups excluding carboxylic acids is 1. The summed E-state index contributed by atoms with van der Waals surface area (Å²) in [6, 6.07) is 4.86. The van der Waals surface area contributed by atoms with E-state index in [0.717, 1.165) is 6.26 Å². The van der Waals surface area contributed by atoms with Gasteiger partial charge in [-0.25, -0.2) is 8.42 Å². The van der Waals surface area contributed by atoms with Gasteiger partial charge < -0.3 is 9.64 Å². The van der Waals surface area contributed by atoms with E-state index < -0.39 is 15.4 Å². The largest absolute Gasteiger partial charge is 0.490 e. The van der Waals surface area contributed by atoms with Gasteiger partial charge in [-0.3, -0.25) is 9.52 Å². The van der Waals surface area contributed by atoms with Gasteiger partial charge in [-0.15, -0.1) is 0 Å². The first-order valence-corrected chi connectivity index (χ1v) is 8.02. The van der Waals surface area contributed by atoms with E-state index in [2.05, 4.69) is 4.72 Å². The lowest BCUT2D eigenvalue weighted by molar-refractivity contribution is -0.127. The monoisotopic (exact) mass is 298 g/mol. The number of rotatable bonds is 2. The zero-order valence-electron chi connectivity index (χ0n) is 11.9. The Morgan fingerprint density at radius 1 is 1.35 bits per heavy atom. The molecule has 6 nitrogen and oxygen atoms in total. The molecule has 1 amide bonds. The van der Waals surface area contributed by atoms with Crippen LogP contribution in [0.25, 0.3) is 0 Å². The van der Waals surface area contributed by atoms with Crippen molar-refractivity contribution in [2.24, 2.45) is 5.41 Å². The highest BCUT2D eigenvalue weighted by atomic mass is 32.2. The molecule has 1 aromatic rings. The van der Waals surface area contributed by atoms with Crippen molar-refractivity contribution < 1.29 is 17.9 Å². The quantitative estimate of drug-likeness (QED) is 0.896. The number of ether oxygens (including phenoxy) is 1. The highest BCUT2D eigenvalue weighted by Crippen LogP contribution is 2.37. The summed E-state index contributed by atoms with van der Waals surface area (Å²) in [5.74, 6) is 0.445. The van der Waals surface area contributed by atoms with Crippen LogP contribution in [0.1, 0.15) is 13.8 Å². The highest BCUT2D eigenvalue weighted by molar-refractivity contribution is 7.92. The minimum atomic E-state index is -3.35. The SMILES string of the molecule is CN1C(=O)C(C)(C)COc2cc(NS(C)(=O)=O)ccc21. The number of carbonyl (C=O) groups is 1. The van der Waals surface area contributed by atoms with E-state index >= 15 is 0 Å². The predicted octanol–water partition coefficient (Wildman–Crippen LogP) is 1.44. The number of hydrogen-bond acceptors (Lipinski definition) is 4. The van der Waals surface area contributed by atoms with Crippen LogP contribution in [0.3, 0.4) is 0 Å². The van der Waals surface area contributed by atoms with Crippen molar-refractivity contribution in [1.82, 2.24) is 0 Å². The molecule has 1 heterocycles. The molecule has 20 heavy (non-hydrogen) atoms. The normalized spacial score (nSPS) is 18.0. The molecular weight excluding hydrogens is 280 g/mol. The van der Waals surface area contributed by atoms with E-state index in [1.54, 1.807) is 25.2 Å². The van der Waals surface area contributed by atoms with E-state index in [0.29, 0.717) is 17.1 Å². The second kappa shape index (κ2) is 4.66. The smallest absolute Gasteiger partial charge is 0.235 e. The number of anilines is 2. The average Bonchev–Trinajstić information content (AvgIpc) is 2.39. The molecule has 0 atom stereocenters. The fourth-order valence-corrected chi connectivity index (χ4v) is 2.62. The number of hydrogen-bond donors (Lipinski definition) is 1. The number of benzene rings is 1. The summed E-state index contributed by atoms with van der Waals surface area (Å²) in [5.41, 5.74) is 0.407. The second-order valence-electron chi connectivity index (χ2n) is 5.59. The maximum atomic E-state index is 12.3. The first-order chi connectivity index (χ1) is 9.10. The van der Waals surface area contributed by atoms with E-state index in [9.17, 15) is 13.2 Å². The van der Waals surface area contributed by atoms with E-state index in [-0.39, 0.29) is 12.5 Å². The number of fused-ring (bicyclic) bond motifs is 1. The molecule has 0 bridgehead atoms. The molecule has 1 aliphatic heterocycles. The molecule has 1 N–H and O–H groups in total. The number of amides is 1. The standard InChI is InChI=1S/C13H18N2O4S/c1-13(2)8-19-11-7-9(14-20(4,17)18)5-6-10(11)15(3)12(13)16/h5-7,14H,8H2,1-4H3. The van der Waals surface area contributed by atoms with Crippen molar-refractivity contribution in [2.45, 2.75) is 13.8 Å². The topological polar surface area (TPSA) is 75.7 Å². The summed E-state index contributed by atoms with van der Waals surface area (Å²) in [6.45, 7) is 3.87. The van der Waals surface area contributed by atoms with Gasteiger partial charge in [0.2, 0.25) is 15.9 Å². The molecule has 0 spiro atoms. The maximum Gasteiger partial charge on any atom is 0.235 e. The first-order valence-electron chi connectivity index (χ1n) is 6.13. The Balaban J connectivity index is 2.42. The molecule has 0 radical (unpaired) electrons. The van der Waals surface area contributed by atoms with Crippen LogP contribution < -0.4 is 14.4 Å². The van der Waals surface area contributed by atoms with Crippen LogP contribution in [-0.4, -0.2) is 34.2 Å². The lowest BCUT2D eigenvalue weighted by Gasteiger charge is -2.24. The molecule has 1 aromatic carbocycles. The number of nitrogens with one attached hydrogen (secondary N) is 1. The minimum Gasteiger partial charge on any atom is -0.490 e. The van der Waals surface area contributed by atoms with Gasteiger partial charge in [0.05, 0.1) is 23.0 Å². The van der Waals surface area contributed by atoms with Crippen LogP contribution in [0.5, 0.6) is 5.75 Å². The molecule has 0 fully saturated rings. The van der Waals surface area contributed by atoms with Crippen molar-refractivity contribution in [1.29, 1.82) is 0 Å². The molecule has 0 aliphatic carbocycles. The van der Waals surface area contributed by atoms with Crippen molar-refractivity contribution in [2.75, 3.05) is 29.5 Å². The maximum absolute atomic E-state index is 12.3. The Morgan fingerprint density at radius 3 is 2.60 bits per heavy atom. The minimum absolute atomic E-state index is 0.0416. The van der Waals surface area contributed by atoms with Gasteiger partial charge in [0.1, 0.15) is 12.4 Å². The number of nitrogens with zero attached hydrogens (tertiary/aromatic N) is 1. The fourth-order valence-electron chi connectivity index (χ4n) is 2.07. The van der Waals surface area contributed by atoms with E-state index in [1.165, 1.54) is 4.90 Å². The molecule has 2 rings (SSSR count). The number of sulfonamides is 1. The van der Waals surface area contributed by atoms with Crippen LogP contribution in [0.4, 0.5) is 11.4 Å². The Bertz CT molecular complexity index is 652. The van der Waals surface area contributed by atoms with Crippen LogP contribution in [0.15, 0.2) is 18.2 Å². The highest BCUT2D eigenvalue weighted by Gasteiger charge is 2.36. The predicted molar refractivity (Wildman–Crippen MR) is 77.6 cm³/mol. The van der Waals surface area contributed by atoms with Crippen molar-refractivity contribution in [3.8, 4) is 5.75 Å². The average molecular weight is 298 g/mol. The van der Waals surface area contributed by atoms with E-state index in [4.69, 9.17) is 4.74 Å². The third-order valence-electron chi connectivity index (χ3n) is 3.10. The van der Waals surface area contributed by atoms with E-state index in [1.807, 2.05) is 13.8 Å². The first kappa shape index (κ1) is 14.6. The van der Waals surface area contributed by atoms with Crippen molar-refractivity contribution >= 4 is 27.3 Å². The van der Waals surface area contributed by atoms with Gasteiger partial charge in [-0.1, -0.05) is 0 Å². The van der Waals surface area contributed by atoms with Crippen molar-refractivity contribution in [3.63, 3.8) is 0 Å². The van der Waals surface area contributed by atoms with Crippen LogP contribution in [-0.2, 0) is 14.8 Å². The van der Waals surface area contributed by atoms with Gasteiger partial charge in [-0.05, 0) is 26.0 Å². The summed E-state index contributed by atoms with van der Waals surface area (Å²) < 4.78 is 30.5. The Morgan fingerprint density at radius 2 is 2.00 bits per heavy atom. The lowest BCUT2D eigenvalue weighted by atomic mass is 9.93. The van der Waals surface area contributed by atoms with Gasteiger partial charge in [-0.2, -0.15) is 0 Å². The Hall–Kier alpha value is -1.76. The molecule has 110 valence electrons. The summed E-state index contributed by atoms with van der Waals surface area (Å²) in [5, 5.41) is 0. The second-order valence-corrected chi connectivity index (χ2v) is 7.34. The Labute approximate surface area is 118 Å². The fraction of sp³-hybridized carbons (Fsp3) is 0.462. The summed E-state index contributed by atoms with van der Waals surface area (Å²) in [6.07, 6.45) is 1.08. The third-order valence-corrected chi connectivity index (χ3v) is 3.70. The van der Waals surface area contributed by atoms with Gasteiger partial charge in [0, 0.05) is 13.1 Å². The zero-order chi connectivity index (χ0) is 15.1. The van der Waals surface area contributed by atoms with Crippen molar-refractivity contribution in [3.05, 3.63) is 18.2 Å². The molecule has 0 saturated carbocycles. The van der Waals surface area contributed by atoms with Gasteiger partial charge in [0.15, 0.2) is 0 Å². The summed E-state index contributed by atoms with van der Waals surface area (Å²) in [7, 11) is -1.66. The third kappa shape index (κ3) is 2.87. The van der Waals surface area contributed by atoms with Crippen LogP contribution in [0.2, 0.25) is 0 Å². The molecule has 0 aromatic heterocycles. The molecule has 1 aliphatic rings.